The summed E-state index contributed by atoms with van der Waals surface area (Å²) in [7, 11) is 0. The van der Waals surface area contributed by atoms with E-state index in [1.165, 1.54) is 23.7 Å². The SMILES string of the molecule is CC1(C)C[C@H]2[C@@H](C1)[C@]1(CI)CCCC(=O)[C@H]21. The fourth-order valence-corrected chi connectivity index (χ4v) is 6.45. The molecular formula is C14H21IO. The molecule has 0 aromatic carbocycles. The van der Waals surface area contributed by atoms with Gasteiger partial charge in [-0.15, -0.1) is 0 Å². The van der Waals surface area contributed by atoms with Crippen LogP contribution in [0.4, 0.5) is 0 Å². The molecule has 0 amide bonds. The van der Waals surface area contributed by atoms with Gasteiger partial charge in [-0.05, 0) is 48.3 Å². The number of fused-ring (bicyclic) bond motifs is 4. The number of rotatable bonds is 1. The number of halogens is 1. The third-order valence-electron chi connectivity index (χ3n) is 5.52. The zero-order valence-corrected chi connectivity index (χ0v) is 12.4. The van der Waals surface area contributed by atoms with Crippen LogP contribution in [-0.4, -0.2) is 10.2 Å². The summed E-state index contributed by atoms with van der Waals surface area (Å²) in [4.78, 5) is 12.2. The van der Waals surface area contributed by atoms with E-state index in [1.54, 1.807) is 0 Å². The monoisotopic (exact) mass is 332 g/mol. The van der Waals surface area contributed by atoms with Gasteiger partial charge in [-0.2, -0.15) is 0 Å². The van der Waals surface area contributed by atoms with E-state index in [0.717, 1.165) is 24.7 Å². The van der Waals surface area contributed by atoms with Gasteiger partial charge < -0.3 is 0 Å². The molecule has 3 aliphatic carbocycles. The zero-order valence-electron chi connectivity index (χ0n) is 10.3. The molecule has 0 saturated heterocycles. The van der Waals surface area contributed by atoms with E-state index >= 15 is 0 Å². The number of Topliss-reactive ketones (excluding diaryl/α,β-unsaturated/α-hetero) is 1. The molecule has 0 N–H and O–H groups in total. The highest BCUT2D eigenvalue weighted by atomic mass is 127. The summed E-state index contributed by atoms with van der Waals surface area (Å²) in [6.07, 6.45) is 6.01. The van der Waals surface area contributed by atoms with E-state index in [1.807, 2.05) is 0 Å². The summed E-state index contributed by atoms with van der Waals surface area (Å²) >= 11 is 2.54. The van der Waals surface area contributed by atoms with Crippen LogP contribution >= 0.6 is 22.6 Å². The maximum atomic E-state index is 12.2. The van der Waals surface area contributed by atoms with E-state index in [4.69, 9.17) is 0 Å². The number of alkyl halides is 1. The van der Waals surface area contributed by atoms with Crippen LogP contribution in [0.15, 0.2) is 0 Å². The van der Waals surface area contributed by atoms with Crippen molar-refractivity contribution in [2.45, 2.75) is 46.0 Å². The molecule has 3 saturated carbocycles. The molecule has 3 fully saturated rings. The Morgan fingerprint density at radius 1 is 1.38 bits per heavy atom. The average Bonchev–Trinajstić information content (AvgIpc) is 2.49. The van der Waals surface area contributed by atoms with Gasteiger partial charge in [0.2, 0.25) is 0 Å². The third-order valence-corrected chi connectivity index (χ3v) is 6.94. The van der Waals surface area contributed by atoms with Crippen molar-refractivity contribution in [3.63, 3.8) is 0 Å². The molecule has 0 spiro atoms. The van der Waals surface area contributed by atoms with E-state index in [-0.39, 0.29) is 0 Å². The molecule has 0 heterocycles. The molecule has 4 atom stereocenters. The second kappa shape index (κ2) is 3.46. The van der Waals surface area contributed by atoms with Gasteiger partial charge in [0.1, 0.15) is 5.78 Å². The van der Waals surface area contributed by atoms with Gasteiger partial charge in [0.05, 0.1) is 0 Å². The Labute approximate surface area is 112 Å². The first-order valence-electron chi connectivity index (χ1n) is 6.59. The molecule has 0 aromatic rings. The van der Waals surface area contributed by atoms with Crippen molar-refractivity contribution in [2.24, 2.45) is 28.6 Å². The molecule has 3 rings (SSSR count). The first-order valence-corrected chi connectivity index (χ1v) is 8.11. The van der Waals surface area contributed by atoms with Crippen molar-refractivity contribution < 1.29 is 4.79 Å². The zero-order chi connectivity index (χ0) is 11.6. The number of hydrogen-bond acceptors (Lipinski definition) is 1. The first kappa shape index (κ1) is 11.5. The van der Waals surface area contributed by atoms with Crippen LogP contribution in [-0.2, 0) is 4.79 Å². The fraction of sp³-hybridized carbons (Fsp3) is 0.929. The summed E-state index contributed by atoms with van der Waals surface area (Å²) in [5, 5.41) is 0. The van der Waals surface area contributed by atoms with Gasteiger partial charge in [0.25, 0.3) is 0 Å². The Bertz CT molecular complexity index is 336. The lowest BCUT2D eigenvalue weighted by molar-refractivity contribution is -0.158. The molecule has 16 heavy (non-hydrogen) atoms. The van der Waals surface area contributed by atoms with Gasteiger partial charge >= 0.3 is 0 Å². The molecule has 1 nitrogen and oxygen atoms in total. The minimum atomic E-state index is 0.425. The Balaban J connectivity index is 1.93. The maximum absolute atomic E-state index is 12.2. The number of carbonyl (C=O) groups is 1. The van der Waals surface area contributed by atoms with E-state index in [9.17, 15) is 4.79 Å². The summed E-state index contributed by atoms with van der Waals surface area (Å²) in [6.45, 7) is 4.78. The maximum Gasteiger partial charge on any atom is 0.136 e. The minimum absolute atomic E-state index is 0.425. The highest BCUT2D eigenvalue weighted by Crippen LogP contribution is 2.71. The van der Waals surface area contributed by atoms with Crippen molar-refractivity contribution in [3.05, 3.63) is 0 Å². The lowest BCUT2D eigenvalue weighted by atomic mass is 9.44. The highest BCUT2D eigenvalue weighted by molar-refractivity contribution is 14.1. The van der Waals surface area contributed by atoms with Crippen molar-refractivity contribution in [1.82, 2.24) is 0 Å². The van der Waals surface area contributed by atoms with Gasteiger partial charge in [-0.3, -0.25) is 4.79 Å². The van der Waals surface area contributed by atoms with E-state index < -0.39 is 0 Å². The van der Waals surface area contributed by atoms with Crippen molar-refractivity contribution in [2.75, 3.05) is 4.43 Å². The van der Waals surface area contributed by atoms with Gasteiger partial charge in [-0.25, -0.2) is 0 Å². The second-order valence-corrected chi connectivity index (χ2v) is 7.77. The van der Waals surface area contributed by atoms with Gasteiger partial charge in [-0.1, -0.05) is 36.4 Å². The quantitative estimate of drug-likeness (QED) is 0.527. The molecular weight excluding hydrogens is 311 g/mol. The predicted molar refractivity (Wildman–Crippen MR) is 73.7 cm³/mol. The van der Waals surface area contributed by atoms with Gasteiger partial charge in [0, 0.05) is 16.8 Å². The van der Waals surface area contributed by atoms with Gasteiger partial charge in [0.15, 0.2) is 0 Å². The first-order chi connectivity index (χ1) is 7.50. The largest absolute Gasteiger partial charge is 0.299 e. The molecule has 2 heteroatoms. The highest BCUT2D eigenvalue weighted by Gasteiger charge is 2.67. The normalized spacial score (nSPS) is 49.4. The lowest BCUT2D eigenvalue weighted by Crippen LogP contribution is -2.60. The van der Waals surface area contributed by atoms with Crippen molar-refractivity contribution >= 4 is 28.4 Å². The summed E-state index contributed by atoms with van der Waals surface area (Å²) in [5.41, 5.74) is 0.917. The lowest BCUT2D eigenvalue weighted by Gasteiger charge is -2.60. The van der Waals surface area contributed by atoms with Crippen LogP contribution in [0.2, 0.25) is 0 Å². The Hall–Kier alpha value is 0.400. The molecule has 0 unspecified atom stereocenters. The molecule has 0 aliphatic heterocycles. The minimum Gasteiger partial charge on any atom is -0.299 e. The Morgan fingerprint density at radius 2 is 2.12 bits per heavy atom. The third kappa shape index (κ3) is 1.31. The van der Waals surface area contributed by atoms with Crippen LogP contribution in [0.5, 0.6) is 0 Å². The van der Waals surface area contributed by atoms with E-state index in [0.29, 0.717) is 22.5 Å². The van der Waals surface area contributed by atoms with Crippen LogP contribution in [0.25, 0.3) is 0 Å². The molecule has 0 bridgehead atoms. The Kier molecular flexibility index (Phi) is 2.48. The van der Waals surface area contributed by atoms with Crippen molar-refractivity contribution in [1.29, 1.82) is 0 Å². The average molecular weight is 332 g/mol. The number of hydrogen-bond donors (Lipinski definition) is 0. The smallest absolute Gasteiger partial charge is 0.136 e. The second-order valence-electron chi connectivity index (χ2n) is 7.01. The van der Waals surface area contributed by atoms with E-state index in [2.05, 4.69) is 36.4 Å². The van der Waals surface area contributed by atoms with Crippen LogP contribution in [0.1, 0.15) is 46.0 Å². The molecule has 90 valence electrons. The summed E-state index contributed by atoms with van der Waals surface area (Å²) < 4.78 is 1.21. The molecule has 0 radical (unpaired) electrons. The van der Waals surface area contributed by atoms with Crippen LogP contribution < -0.4 is 0 Å². The molecule has 3 aliphatic rings. The van der Waals surface area contributed by atoms with Crippen LogP contribution in [0.3, 0.4) is 0 Å². The fourth-order valence-electron chi connectivity index (χ4n) is 5.03. The summed E-state index contributed by atoms with van der Waals surface area (Å²) in [5.74, 6) is 2.66. The standard InChI is InChI=1S/C14H21IO/c1-13(2)6-9-10(7-13)14(8-15)5-3-4-11(16)12(9)14/h9-10,12H,3-8H2,1-2H3/t9-,10+,12-,14+/m0/s1. The predicted octanol–water partition coefficient (Wildman–Crippen LogP) is 3.84. The topological polar surface area (TPSA) is 17.1 Å². The van der Waals surface area contributed by atoms with Crippen LogP contribution in [0, 0.1) is 28.6 Å². The number of carbonyl (C=O) groups excluding carboxylic acids is 1. The Morgan fingerprint density at radius 3 is 2.81 bits per heavy atom. The number of ketones is 1. The summed E-state index contributed by atoms with van der Waals surface area (Å²) in [6, 6.07) is 0. The molecule has 0 aromatic heterocycles. The van der Waals surface area contributed by atoms with Crippen molar-refractivity contribution in [3.8, 4) is 0 Å².